The van der Waals surface area contributed by atoms with Gasteiger partial charge in [0.05, 0.1) is 11.6 Å². The van der Waals surface area contributed by atoms with Gasteiger partial charge >= 0.3 is 5.91 Å². The minimum Gasteiger partial charge on any atom is -0.507 e. The minimum absolute atomic E-state index is 0.0795. The molecule has 180 valence electrons. The molecule has 0 radical (unpaired) electrons. The van der Waals surface area contributed by atoms with Crippen molar-refractivity contribution in [3.63, 3.8) is 0 Å². The van der Waals surface area contributed by atoms with E-state index in [1.54, 1.807) is 0 Å². The molecular formula is C27H20FN3O3S2. The molecule has 1 aliphatic rings. The number of Topliss-reactive ketones (excluding diaryl/α,β-unsaturated/α-hetero) is 1. The quantitative estimate of drug-likeness (QED) is 0.113. The van der Waals surface area contributed by atoms with E-state index in [0.717, 1.165) is 11.1 Å². The molecule has 1 fully saturated rings. The van der Waals surface area contributed by atoms with Crippen molar-refractivity contribution >= 4 is 45.7 Å². The van der Waals surface area contributed by atoms with E-state index in [9.17, 15) is 19.1 Å². The van der Waals surface area contributed by atoms with Crippen LogP contribution in [0.5, 0.6) is 0 Å². The van der Waals surface area contributed by atoms with Gasteiger partial charge in [-0.1, -0.05) is 83.3 Å². The molecule has 4 aromatic rings. The fourth-order valence-electron chi connectivity index (χ4n) is 3.93. The zero-order chi connectivity index (χ0) is 25.2. The lowest BCUT2D eigenvalue weighted by atomic mass is 9.95. The normalized spacial score (nSPS) is 17.1. The molecule has 36 heavy (non-hydrogen) atoms. The molecule has 0 saturated carbocycles. The smallest absolute Gasteiger partial charge is 0.301 e. The minimum atomic E-state index is -0.907. The number of hydrogen-bond acceptors (Lipinski definition) is 7. The molecule has 1 N–H and O–H groups in total. The lowest BCUT2D eigenvalue weighted by molar-refractivity contribution is -0.132. The third kappa shape index (κ3) is 4.67. The first-order valence-electron chi connectivity index (χ1n) is 11.1. The van der Waals surface area contributed by atoms with Crippen LogP contribution in [-0.2, 0) is 15.3 Å². The zero-order valence-electron chi connectivity index (χ0n) is 19.1. The fraction of sp³-hybridized carbons (Fsp3) is 0.111. The Morgan fingerprint density at radius 3 is 2.39 bits per heavy atom. The van der Waals surface area contributed by atoms with Gasteiger partial charge in [0, 0.05) is 11.3 Å². The summed E-state index contributed by atoms with van der Waals surface area (Å²) in [5, 5.41) is 19.8. The Morgan fingerprint density at radius 1 is 1.00 bits per heavy atom. The number of aliphatic hydroxyl groups excluding tert-OH is 1. The van der Waals surface area contributed by atoms with Crippen LogP contribution in [0.2, 0.25) is 0 Å². The number of benzene rings is 3. The van der Waals surface area contributed by atoms with Gasteiger partial charge in [0.25, 0.3) is 5.78 Å². The Hall–Kier alpha value is -3.82. The predicted octanol–water partition coefficient (Wildman–Crippen LogP) is 5.90. The highest BCUT2D eigenvalue weighted by molar-refractivity contribution is 8.00. The molecule has 1 saturated heterocycles. The SMILES string of the molecule is Cc1ccc(C2/C(=C(/O)c3ccc(F)cc3)C(=O)C(=O)N2c2nnc(SCc3ccccc3)s2)cc1. The highest BCUT2D eigenvalue weighted by Crippen LogP contribution is 2.44. The van der Waals surface area contributed by atoms with Crippen LogP contribution in [0.25, 0.3) is 5.76 Å². The van der Waals surface area contributed by atoms with E-state index in [1.807, 2.05) is 61.5 Å². The molecule has 1 aromatic heterocycles. The van der Waals surface area contributed by atoms with Crippen LogP contribution in [0, 0.1) is 12.7 Å². The van der Waals surface area contributed by atoms with Gasteiger partial charge in [0.15, 0.2) is 4.34 Å². The molecular weight excluding hydrogens is 497 g/mol. The fourth-order valence-corrected chi connectivity index (χ4v) is 5.76. The molecule has 9 heteroatoms. The Morgan fingerprint density at radius 2 is 1.69 bits per heavy atom. The second-order valence-electron chi connectivity index (χ2n) is 8.21. The highest BCUT2D eigenvalue weighted by Gasteiger charge is 2.48. The standard InChI is InChI=1S/C27H20FN3O3S2/c1-16-7-9-18(10-8-16)22-21(23(32)19-11-13-20(28)14-12-19)24(33)25(34)31(22)26-29-30-27(36-26)35-15-17-5-3-2-4-6-17/h2-14,22,32H,15H2,1H3/b23-21-. The van der Waals surface area contributed by atoms with Crippen molar-refractivity contribution in [2.75, 3.05) is 4.90 Å². The number of aromatic nitrogens is 2. The predicted molar refractivity (Wildman–Crippen MR) is 138 cm³/mol. The largest absolute Gasteiger partial charge is 0.507 e. The first-order valence-corrected chi connectivity index (χ1v) is 12.9. The van der Waals surface area contributed by atoms with Crippen LogP contribution in [-0.4, -0.2) is 27.0 Å². The average Bonchev–Trinajstić information content (AvgIpc) is 3.46. The van der Waals surface area contributed by atoms with Crippen LogP contribution >= 0.6 is 23.1 Å². The number of ketones is 1. The molecule has 3 aromatic carbocycles. The first-order chi connectivity index (χ1) is 17.4. The van der Waals surface area contributed by atoms with E-state index < -0.39 is 23.5 Å². The van der Waals surface area contributed by atoms with Crippen molar-refractivity contribution in [1.29, 1.82) is 0 Å². The van der Waals surface area contributed by atoms with Gasteiger partial charge in [-0.05, 0) is 42.3 Å². The summed E-state index contributed by atoms with van der Waals surface area (Å²) in [5.41, 5.74) is 2.92. The molecule has 2 heterocycles. The average molecular weight is 518 g/mol. The maximum atomic E-state index is 13.5. The summed E-state index contributed by atoms with van der Waals surface area (Å²) in [4.78, 5) is 27.7. The maximum Gasteiger partial charge on any atom is 0.301 e. The molecule has 1 amide bonds. The summed E-state index contributed by atoms with van der Waals surface area (Å²) in [7, 11) is 0. The lowest BCUT2D eigenvalue weighted by Gasteiger charge is -2.22. The van der Waals surface area contributed by atoms with Gasteiger partial charge in [-0.25, -0.2) is 4.39 Å². The third-order valence-electron chi connectivity index (χ3n) is 5.76. The molecule has 1 unspecified atom stereocenters. The van der Waals surface area contributed by atoms with Gasteiger partial charge in [-0.2, -0.15) is 0 Å². The van der Waals surface area contributed by atoms with Crippen LogP contribution in [0.15, 0.2) is 88.8 Å². The number of carbonyl (C=O) groups excluding carboxylic acids is 2. The van der Waals surface area contributed by atoms with Crippen LogP contribution < -0.4 is 4.90 Å². The third-order valence-corrected chi connectivity index (χ3v) is 7.89. The van der Waals surface area contributed by atoms with E-state index in [1.165, 1.54) is 52.3 Å². The van der Waals surface area contributed by atoms with E-state index in [0.29, 0.717) is 15.7 Å². The van der Waals surface area contributed by atoms with Gasteiger partial charge in [0.2, 0.25) is 5.13 Å². The van der Waals surface area contributed by atoms with Crippen LogP contribution in [0.1, 0.15) is 28.3 Å². The maximum absolute atomic E-state index is 13.5. The molecule has 1 aliphatic heterocycles. The van der Waals surface area contributed by atoms with E-state index in [2.05, 4.69) is 10.2 Å². The van der Waals surface area contributed by atoms with Gasteiger partial charge in [0.1, 0.15) is 11.6 Å². The Bertz CT molecular complexity index is 1450. The Kier molecular flexibility index (Phi) is 6.67. The number of carbonyl (C=O) groups is 2. The summed E-state index contributed by atoms with van der Waals surface area (Å²) in [6, 6.07) is 21.5. The van der Waals surface area contributed by atoms with Crippen molar-refractivity contribution in [3.05, 3.63) is 113 Å². The molecule has 0 spiro atoms. The summed E-state index contributed by atoms with van der Waals surface area (Å²) in [5.74, 6) is -1.81. The summed E-state index contributed by atoms with van der Waals surface area (Å²) in [6.07, 6.45) is 0. The number of hydrogen-bond donors (Lipinski definition) is 1. The number of thioether (sulfide) groups is 1. The summed E-state index contributed by atoms with van der Waals surface area (Å²) < 4.78 is 14.1. The molecule has 0 bridgehead atoms. The molecule has 5 rings (SSSR count). The number of rotatable bonds is 6. The van der Waals surface area contributed by atoms with E-state index >= 15 is 0 Å². The van der Waals surface area contributed by atoms with E-state index in [-0.39, 0.29) is 22.0 Å². The summed E-state index contributed by atoms with van der Waals surface area (Å²) >= 11 is 2.69. The molecule has 6 nitrogen and oxygen atoms in total. The number of halogens is 1. The number of nitrogens with zero attached hydrogens (tertiary/aromatic N) is 3. The lowest BCUT2D eigenvalue weighted by Crippen LogP contribution is -2.29. The van der Waals surface area contributed by atoms with Crippen LogP contribution in [0.3, 0.4) is 0 Å². The van der Waals surface area contributed by atoms with Gasteiger partial charge < -0.3 is 5.11 Å². The van der Waals surface area contributed by atoms with Gasteiger partial charge in [-0.15, -0.1) is 10.2 Å². The number of aliphatic hydroxyl groups is 1. The van der Waals surface area contributed by atoms with Crippen molar-refractivity contribution < 1.29 is 19.1 Å². The monoisotopic (exact) mass is 517 g/mol. The number of amides is 1. The number of aryl methyl sites for hydroxylation is 1. The van der Waals surface area contributed by atoms with Crippen LogP contribution in [0.4, 0.5) is 9.52 Å². The van der Waals surface area contributed by atoms with Crippen molar-refractivity contribution in [2.45, 2.75) is 23.1 Å². The number of anilines is 1. The topological polar surface area (TPSA) is 83.4 Å². The summed E-state index contributed by atoms with van der Waals surface area (Å²) in [6.45, 7) is 1.93. The second kappa shape index (κ2) is 10.0. The van der Waals surface area contributed by atoms with Crippen molar-refractivity contribution in [1.82, 2.24) is 10.2 Å². The highest BCUT2D eigenvalue weighted by atomic mass is 32.2. The van der Waals surface area contributed by atoms with E-state index in [4.69, 9.17) is 0 Å². The second-order valence-corrected chi connectivity index (χ2v) is 10.4. The first kappa shape index (κ1) is 23.9. The van der Waals surface area contributed by atoms with Crippen molar-refractivity contribution in [3.8, 4) is 0 Å². The van der Waals surface area contributed by atoms with Crippen molar-refractivity contribution in [2.24, 2.45) is 0 Å². The Balaban J connectivity index is 1.55. The molecule has 0 aliphatic carbocycles. The molecule has 1 atom stereocenters. The Labute approximate surface area is 215 Å². The zero-order valence-corrected chi connectivity index (χ0v) is 20.7. The van der Waals surface area contributed by atoms with Gasteiger partial charge in [-0.3, -0.25) is 14.5 Å².